The summed E-state index contributed by atoms with van der Waals surface area (Å²) in [7, 11) is 0. The van der Waals surface area contributed by atoms with E-state index >= 15 is 0 Å². The number of imidazole rings is 1. The van der Waals surface area contributed by atoms with Crippen molar-refractivity contribution in [1.29, 1.82) is 0 Å². The van der Waals surface area contributed by atoms with Crippen LogP contribution < -0.4 is 14.8 Å². The zero-order valence-corrected chi connectivity index (χ0v) is 18.0. The van der Waals surface area contributed by atoms with E-state index < -0.39 is 41.7 Å². The molecule has 1 atom stereocenters. The van der Waals surface area contributed by atoms with Gasteiger partial charge < -0.3 is 14.8 Å². The number of nitrogens with one attached hydrogen (secondary N) is 1. The summed E-state index contributed by atoms with van der Waals surface area (Å²) in [6, 6.07) is 5.56. The number of rotatable bonds is 6. The first-order valence-corrected chi connectivity index (χ1v) is 9.98. The average molecular weight is 512 g/mol. The lowest BCUT2D eigenvalue weighted by Crippen LogP contribution is -2.29. The van der Waals surface area contributed by atoms with Gasteiger partial charge in [-0.05, 0) is 37.3 Å². The van der Waals surface area contributed by atoms with Crippen molar-refractivity contribution >= 4 is 17.1 Å². The molecule has 1 unspecified atom stereocenters. The van der Waals surface area contributed by atoms with Gasteiger partial charge in [0.2, 0.25) is 5.95 Å². The van der Waals surface area contributed by atoms with Gasteiger partial charge in [0.05, 0.1) is 6.04 Å². The molecular weight excluding hydrogens is 498 g/mol. The Kier molecular flexibility index (Phi) is 6.39. The van der Waals surface area contributed by atoms with E-state index in [0.29, 0.717) is 29.4 Å². The number of hydrogen-bond donors (Lipinski definition) is 1. The third-order valence-corrected chi connectivity index (χ3v) is 4.54. The van der Waals surface area contributed by atoms with Crippen LogP contribution in [0.15, 0.2) is 55.0 Å². The van der Waals surface area contributed by atoms with Crippen LogP contribution in [-0.4, -0.2) is 43.1 Å². The van der Waals surface area contributed by atoms with Gasteiger partial charge in [-0.1, -0.05) is 0 Å². The monoisotopic (exact) mass is 512 g/mol. The van der Waals surface area contributed by atoms with Gasteiger partial charge in [0, 0.05) is 30.2 Å². The Morgan fingerprint density at radius 3 is 2.08 bits per heavy atom. The van der Waals surface area contributed by atoms with Crippen molar-refractivity contribution in [3.8, 4) is 17.4 Å². The molecule has 4 aromatic rings. The van der Waals surface area contributed by atoms with Crippen molar-refractivity contribution in [2.75, 3.05) is 0 Å². The lowest BCUT2D eigenvalue weighted by atomic mass is 10.1. The number of benzene rings is 1. The molecule has 4 rings (SSSR count). The van der Waals surface area contributed by atoms with Crippen LogP contribution in [0.3, 0.4) is 0 Å². The van der Waals surface area contributed by atoms with Gasteiger partial charge >= 0.3 is 12.7 Å². The first kappa shape index (κ1) is 24.7. The quantitative estimate of drug-likeness (QED) is 0.380. The van der Waals surface area contributed by atoms with E-state index in [1.807, 2.05) is 0 Å². The topological polar surface area (TPSA) is 104 Å². The second-order valence-electron chi connectivity index (χ2n) is 7.18. The molecule has 0 fully saturated rings. The van der Waals surface area contributed by atoms with Gasteiger partial charge in [-0.25, -0.2) is 24.5 Å². The summed E-state index contributed by atoms with van der Waals surface area (Å²) in [6.07, 6.45) is -5.99. The summed E-state index contributed by atoms with van der Waals surface area (Å²) in [5.74, 6) is -2.79. The highest BCUT2D eigenvalue weighted by molar-refractivity contribution is 5.95. The van der Waals surface area contributed by atoms with Gasteiger partial charge in [0.1, 0.15) is 22.8 Å². The van der Waals surface area contributed by atoms with Gasteiger partial charge in [-0.2, -0.15) is 0 Å². The zero-order valence-electron chi connectivity index (χ0n) is 18.0. The predicted molar refractivity (Wildman–Crippen MR) is 110 cm³/mol. The summed E-state index contributed by atoms with van der Waals surface area (Å²) in [6.45, 7) is 1.50. The number of carbonyl (C=O) groups is 1. The predicted octanol–water partition coefficient (Wildman–Crippen LogP) is 4.50. The standard InChI is InChI=1S/C21H14F6N6O3/c1-11(16-32-15-4-2-5-28-17(15)33(16)19-29-6-3-7-30-19)31-18(34)12-8-13(35-20(22,23)24)10-14(9-12)36-21(25,26)27/h2-11H,1H3,(H,31,34). The van der Waals surface area contributed by atoms with Crippen LogP contribution >= 0.6 is 0 Å². The number of alkyl halides is 6. The molecule has 36 heavy (non-hydrogen) atoms. The highest BCUT2D eigenvalue weighted by Gasteiger charge is 2.34. The number of fused-ring (bicyclic) bond motifs is 1. The molecule has 3 heterocycles. The first-order valence-electron chi connectivity index (χ1n) is 9.98. The Hall–Kier alpha value is -4.43. The molecule has 1 amide bonds. The van der Waals surface area contributed by atoms with Crippen molar-refractivity contribution in [2.24, 2.45) is 0 Å². The minimum absolute atomic E-state index is 0.177. The largest absolute Gasteiger partial charge is 0.573 e. The average Bonchev–Trinajstić information content (AvgIpc) is 3.17. The fourth-order valence-electron chi connectivity index (χ4n) is 3.26. The van der Waals surface area contributed by atoms with E-state index in [-0.39, 0.29) is 11.8 Å². The summed E-state index contributed by atoms with van der Waals surface area (Å²) in [5.41, 5.74) is 0.211. The zero-order chi connectivity index (χ0) is 26.1. The molecule has 0 bridgehead atoms. The molecule has 1 N–H and O–H groups in total. The fourth-order valence-corrected chi connectivity index (χ4v) is 3.26. The number of amides is 1. The number of nitrogens with zero attached hydrogens (tertiary/aromatic N) is 5. The number of carbonyl (C=O) groups excluding carboxylic acids is 1. The maximum absolute atomic E-state index is 12.9. The molecule has 0 saturated heterocycles. The highest BCUT2D eigenvalue weighted by atomic mass is 19.4. The van der Waals surface area contributed by atoms with E-state index in [2.05, 4.69) is 34.7 Å². The van der Waals surface area contributed by atoms with E-state index in [0.717, 1.165) is 0 Å². The second kappa shape index (κ2) is 9.31. The van der Waals surface area contributed by atoms with Crippen molar-refractivity contribution in [3.05, 3.63) is 66.4 Å². The maximum atomic E-state index is 12.9. The number of hydrogen-bond acceptors (Lipinski definition) is 7. The molecule has 1 aromatic carbocycles. The smallest absolute Gasteiger partial charge is 0.406 e. The van der Waals surface area contributed by atoms with Gasteiger partial charge in [0.15, 0.2) is 5.65 Å². The Morgan fingerprint density at radius 2 is 1.50 bits per heavy atom. The molecule has 0 aliphatic heterocycles. The molecule has 0 aliphatic rings. The van der Waals surface area contributed by atoms with Crippen LogP contribution in [0, 0.1) is 0 Å². The van der Waals surface area contributed by atoms with E-state index in [1.54, 1.807) is 18.2 Å². The van der Waals surface area contributed by atoms with Crippen LogP contribution in [0.1, 0.15) is 29.1 Å². The second-order valence-corrected chi connectivity index (χ2v) is 7.18. The van der Waals surface area contributed by atoms with Crippen LogP contribution in [0.2, 0.25) is 0 Å². The number of halogens is 6. The summed E-state index contributed by atoms with van der Waals surface area (Å²) >= 11 is 0. The molecule has 9 nitrogen and oxygen atoms in total. The lowest BCUT2D eigenvalue weighted by Gasteiger charge is -2.17. The van der Waals surface area contributed by atoms with E-state index in [9.17, 15) is 31.1 Å². The molecule has 0 saturated carbocycles. The molecule has 3 aromatic heterocycles. The Balaban J connectivity index is 1.68. The summed E-state index contributed by atoms with van der Waals surface area (Å²) < 4.78 is 84.8. The molecule has 0 aliphatic carbocycles. The van der Waals surface area contributed by atoms with Crippen molar-refractivity contribution in [1.82, 2.24) is 29.8 Å². The SMILES string of the molecule is CC(NC(=O)c1cc(OC(F)(F)F)cc(OC(F)(F)F)c1)c1nc2cccnc2n1-c1ncccn1. The minimum atomic E-state index is -5.22. The summed E-state index contributed by atoms with van der Waals surface area (Å²) in [4.78, 5) is 29.8. The number of pyridine rings is 1. The minimum Gasteiger partial charge on any atom is -0.406 e. The van der Waals surface area contributed by atoms with Crippen LogP contribution in [0.5, 0.6) is 11.5 Å². The van der Waals surface area contributed by atoms with Crippen molar-refractivity contribution < 1.29 is 40.6 Å². The molecule has 188 valence electrons. The van der Waals surface area contributed by atoms with Gasteiger partial charge in [-0.15, -0.1) is 26.3 Å². The normalized spacial score (nSPS) is 12.9. The van der Waals surface area contributed by atoms with Crippen molar-refractivity contribution in [3.63, 3.8) is 0 Å². The number of aromatic nitrogens is 5. The molecule has 15 heteroatoms. The Labute approximate surface area is 197 Å². The fraction of sp³-hybridized carbons (Fsp3) is 0.190. The van der Waals surface area contributed by atoms with Crippen LogP contribution in [0.25, 0.3) is 17.1 Å². The van der Waals surface area contributed by atoms with E-state index in [4.69, 9.17) is 0 Å². The molecule has 0 spiro atoms. The lowest BCUT2D eigenvalue weighted by molar-refractivity contribution is -0.276. The molecular formula is C21H14F6N6O3. The summed E-state index contributed by atoms with van der Waals surface area (Å²) in [5, 5.41) is 2.48. The third kappa shape index (κ3) is 5.79. The van der Waals surface area contributed by atoms with E-state index in [1.165, 1.54) is 30.1 Å². The maximum Gasteiger partial charge on any atom is 0.573 e. The van der Waals surface area contributed by atoms with Gasteiger partial charge in [-0.3, -0.25) is 4.79 Å². The van der Waals surface area contributed by atoms with Crippen LogP contribution in [-0.2, 0) is 0 Å². The van der Waals surface area contributed by atoms with Crippen molar-refractivity contribution in [2.45, 2.75) is 25.7 Å². The Morgan fingerprint density at radius 1 is 0.917 bits per heavy atom. The highest BCUT2D eigenvalue weighted by Crippen LogP contribution is 2.31. The van der Waals surface area contributed by atoms with Gasteiger partial charge in [0.25, 0.3) is 5.91 Å². The number of ether oxygens (including phenoxy) is 2. The third-order valence-electron chi connectivity index (χ3n) is 4.54. The first-order chi connectivity index (χ1) is 16.9. The van der Waals surface area contributed by atoms with Crippen LogP contribution in [0.4, 0.5) is 26.3 Å². The Bertz CT molecular complexity index is 1360. The molecule has 0 radical (unpaired) electrons.